The summed E-state index contributed by atoms with van der Waals surface area (Å²) >= 11 is 0. The van der Waals surface area contributed by atoms with Gasteiger partial charge in [0.15, 0.2) is 0 Å². The van der Waals surface area contributed by atoms with Crippen LogP contribution in [0, 0.1) is 0 Å². The third-order valence-corrected chi connectivity index (χ3v) is 4.41. The number of benzene rings is 2. The van der Waals surface area contributed by atoms with Gasteiger partial charge in [-0.15, -0.1) is 0 Å². The summed E-state index contributed by atoms with van der Waals surface area (Å²) < 4.78 is 0. The van der Waals surface area contributed by atoms with Crippen molar-refractivity contribution in [3.63, 3.8) is 0 Å². The Kier molecular flexibility index (Phi) is 4.17. The Morgan fingerprint density at radius 2 is 1.70 bits per heavy atom. The molecule has 1 heterocycles. The molecule has 1 heteroatoms. The van der Waals surface area contributed by atoms with E-state index in [4.69, 9.17) is 0 Å². The monoisotopic (exact) mass is 265 g/mol. The smallest absolute Gasteiger partial charge is 0.00431 e. The molecule has 0 bridgehead atoms. The standard InChI is InChI=1S/C19H23N/c1-2-15-8-9-18(16-6-4-3-5-7-16)14-19(15)17-10-12-20-13-11-17/h3-9,14,17,20H,2,10-13H2,1H3. The van der Waals surface area contributed by atoms with Gasteiger partial charge in [0, 0.05) is 0 Å². The lowest BCUT2D eigenvalue weighted by Crippen LogP contribution is -2.27. The maximum atomic E-state index is 3.47. The maximum absolute atomic E-state index is 3.47. The van der Waals surface area contributed by atoms with Crippen molar-refractivity contribution in [2.75, 3.05) is 13.1 Å². The first-order valence-corrected chi connectivity index (χ1v) is 7.77. The topological polar surface area (TPSA) is 12.0 Å². The quantitative estimate of drug-likeness (QED) is 0.868. The molecule has 2 aromatic carbocycles. The fourth-order valence-electron chi connectivity index (χ4n) is 3.24. The summed E-state index contributed by atoms with van der Waals surface area (Å²) in [6, 6.07) is 17.8. The van der Waals surface area contributed by atoms with Gasteiger partial charge in [-0.1, -0.05) is 55.5 Å². The van der Waals surface area contributed by atoms with E-state index < -0.39 is 0 Å². The molecule has 104 valence electrons. The minimum Gasteiger partial charge on any atom is -0.317 e. The summed E-state index contributed by atoms with van der Waals surface area (Å²) in [5.74, 6) is 0.731. The fourth-order valence-corrected chi connectivity index (χ4v) is 3.24. The summed E-state index contributed by atoms with van der Waals surface area (Å²) in [5, 5.41) is 3.47. The van der Waals surface area contributed by atoms with Crippen molar-refractivity contribution in [1.29, 1.82) is 0 Å². The molecule has 0 amide bonds. The van der Waals surface area contributed by atoms with Gasteiger partial charge in [-0.2, -0.15) is 0 Å². The molecule has 2 aromatic rings. The van der Waals surface area contributed by atoms with Crippen LogP contribution >= 0.6 is 0 Å². The van der Waals surface area contributed by atoms with Crippen LogP contribution in [0.4, 0.5) is 0 Å². The van der Waals surface area contributed by atoms with Crippen molar-refractivity contribution < 1.29 is 0 Å². The lowest BCUT2D eigenvalue weighted by Gasteiger charge is -2.25. The van der Waals surface area contributed by atoms with E-state index in [1.165, 1.54) is 29.5 Å². The Balaban J connectivity index is 1.98. The predicted octanol–water partition coefficient (Wildman–Crippen LogP) is 4.38. The van der Waals surface area contributed by atoms with E-state index in [-0.39, 0.29) is 0 Å². The minimum absolute atomic E-state index is 0.731. The number of rotatable bonds is 3. The van der Waals surface area contributed by atoms with Gasteiger partial charge in [-0.3, -0.25) is 0 Å². The maximum Gasteiger partial charge on any atom is -0.00431 e. The predicted molar refractivity (Wildman–Crippen MR) is 86.1 cm³/mol. The molecule has 0 unspecified atom stereocenters. The van der Waals surface area contributed by atoms with E-state index in [1.807, 2.05) is 0 Å². The van der Waals surface area contributed by atoms with E-state index in [9.17, 15) is 0 Å². The van der Waals surface area contributed by atoms with Gasteiger partial charge in [0.05, 0.1) is 0 Å². The highest BCUT2D eigenvalue weighted by Crippen LogP contribution is 2.32. The van der Waals surface area contributed by atoms with E-state index in [1.54, 1.807) is 5.56 Å². The summed E-state index contributed by atoms with van der Waals surface area (Å²) in [5.41, 5.74) is 5.79. The van der Waals surface area contributed by atoms with E-state index in [2.05, 4.69) is 60.8 Å². The molecule has 0 aliphatic carbocycles. The second-order valence-electron chi connectivity index (χ2n) is 5.66. The highest BCUT2D eigenvalue weighted by molar-refractivity contribution is 5.65. The van der Waals surface area contributed by atoms with Gasteiger partial charge in [0.25, 0.3) is 0 Å². The van der Waals surface area contributed by atoms with E-state index in [0.717, 1.165) is 25.4 Å². The number of hydrogen-bond donors (Lipinski definition) is 1. The van der Waals surface area contributed by atoms with Crippen LogP contribution in [0.5, 0.6) is 0 Å². The summed E-state index contributed by atoms with van der Waals surface area (Å²) in [4.78, 5) is 0. The van der Waals surface area contributed by atoms with Gasteiger partial charge < -0.3 is 5.32 Å². The van der Waals surface area contributed by atoms with Crippen molar-refractivity contribution in [1.82, 2.24) is 5.32 Å². The van der Waals surface area contributed by atoms with Crippen LogP contribution in [0.1, 0.15) is 36.8 Å². The first-order chi connectivity index (χ1) is 9.88. The Morgan fingerprint density at radius 1 is 0.950 bits per heavy atom. The molecule has 3 rings (SSSR count). The summed E-state index contributed by atoms with van der Waals surface area (Å²) in [6.45, 7) is 4.58. The average Bonchev–Trinajstić information content (AvgIpc) is 2.56. The lowest BCUT2D eigenvalue weighted by molar-refractivity contribution is 0.458. The zero-order chi connectivity index (χ0) is 13.8. The molecular formula is C19H23N. The van der Waals surface area contributed by atoms with Gasteiger partial charge in [0.1, 0.15) is 0 Å². The van der Waals surface area contributed by atoms with Crippen molar-refractivity contribution in [3.8, 4) is 11.1 Å². The molecule has 0 spiro atoms. The van der Waals surface area contributed by atoms with Crippen LogP contribution in [-0.4, -0.2) is 13.1 Å². The lowest BCUT2D eigenvalue weighted by atomic mass is 9.84. The molecule has 1 saturated heterocycles. The third kappa shape index (κ3) is 2.78. The average molecular weight is 265 g/mol. The molecule has 1 N–H and O–H groups in total. The molecule has 1 nitrogen and oxygen atoms in total. The summed E-state index contributed by atoms with van der Waals surface area (Å²) in [6.07, 6.45) is 3.67. The zero-order valence-electron chi connectivity index (χ0n) is 12.2. The highest BCUT2D eigenvalue weighted by Gasteiger charge is 2.18. The Bertz CT molecular complexity index is 553. The molecule has 0 radical (unpaired) electrons. The summed E-state index contributed by atoms with van der Waals surface area (Å²) in [7, 11) is 0. The second kappa shape index (κ2) is 6.23. The molecular weight excluding hydrogens is 242 g/mol. The normalized spacial score (nSPS) is 16.2. The van der Waals surface area contributed by atoms with Gasteiger partial charge in [0.2, 0.25) is 0 Å². The fraction of sp³-hybridized carbons (Fsp3) is 0.368. The molecule has 1 fully saturated rings. The first kappa shape index (κ1) is 13.4. The molecule has 0 atom stereocenters. The Labute approximate surface area is 122 Å². The van der Waals surface area contributed by atoms with E-state index in [0.29, 0.717) is 0 Å². The van der Waals surface area contributed by atoms with Crippen molar-refractivity contribution in [2.45, 2.75) is 32.1 Å². The van der Waals surface area contributed by atoms with Crippen LogP contribution in [0.25, 0.3) is 11.1 Å². The van der Waals surface area contributed by atoms with Gasteiger partial charge in [-0.25, -0.2) is 0 Å². The van der Waals surface area contributed by atoms with E-state index >= 15 is 0 Å². The van der Waals surface area contributed by atoms with Crippen LogP contribution in [0.15, 0.2) is 48.5 Å². The largest absolute Gasteiger partial charge is 0.317 e. The number of piperidine rings is 1. The molecule has 1 aliphatic rings. The van der Waals surface area contributed by atoms with Crippen molar-refractivity contribution >= 4 is 0 Å². The highest BCUT2D eigenvalue weighted by atomic mass is 14.9. The zero-order valence-corrected chi connectivity index (χ0v) is 12.2. The molecule has 0 saturated carbocycles. The van der Waals surface area contributed by atoms with Crippen LogP contribution in [-0.2, 0) is 6.42 Å². The molecule has 20 heavy (non-hydrogen) atoms. The van der Waals surface area contributed by atoms with Crippen LogP contribution in [0.3, 0.4) is 0 Å². The minimum atomic E-state index is 0.731. The van der Waals surface area contributed by atoms with Crippen LogP contribution < -0.4 is 5.32 Å². The van der Waals surface area contributed by atoms with Gasteiger partial charge in [-0.05, 0) is 60.5 Å². The number of hydrogen-bond acceptors (Lipinski definition) is 1. The second-order valence-corrected chi connectivity index (χ2v) is 5.66. The molecule has 1 aliphatic heterocycles. The third-order valence-electron chi connectivity index (χ3n) is 4.41. The molecule has 0 aromatic heterocycles. The Hall–Kier alpha value is -1.60. The van der Waals surface area contributed by atoms with Crippen LogP contribution in [0.2, 0.25) is 0 Å². The number of aryl methyl sites for hydroxylation is 1. The number of nitrogens with one attached hydrogen (secondary N) is 1. The van der Waals surface area contributed by atoms with Crippen molar-refractivity contribution in [2.24, 2.45) is 0 Å². The Morgan fingerprint density at radius 3 is 2.40 bits per heavy atom. The first-order valence-electron chi connectivity index (χ1n) is 7.77. The van der Waals surface area contributed by atoms with Gasteiger partial charge >= 0.3 is 0 Å². The SMILES string of the molecule is CCc1ccc(-c2ccccc2)cc1C1CCNCC1. The van der Waals surface area contributed by atoms with Crippen molar-refractivity contribution in [3.05, 3.63) is 59.7 Å².